The largest absolute Gasteiger partial charge is 0.216 e. The molecule has 5 heteroatoms. The molecule has 0 aliphatic carbocycles. The zero-order valence-electron chi connectivity index (χ0n) is 11.0. The summed E-state index contributed by atoms with van der Waals surface area (Å²) in [5.74, 6) is 0.278. The molecule has 2 aromatic rings. The van der Waals surface area contributed by atoms with Gasteiger partial charge >= 0.3 is 0 Å². The van der Waals surface area contributed by atoms with Gasteiger partial charge in [0, 0.05) is 10.9 Å². The Bertz CT molecular complexity index is 591. The highest BCUT2D eigenvalue weighted by Gasteiger charge is 2.20. The molecule has 0 unspecified atom stereocenters. The van der Waals surface area contributed by atoms with Gasteiger partial charge in [-0.25, -0.2) is 4.68 Å². The average molecular weight is 275 g/mol. The maximum absolute atomic E-state index is 9.18. The molecular formula is C14H15ClN4. The molecule has 0 aliphatic rings. The van der Waals surface area contributed by atoms with Crippen molar-refractivity contribution in [3.05, 3.63) is 40.7 Å². The molecular weight excluding hydrogens is 260 g/mol. The molecule has 0 aliphatic heterocycles. The minimum Gasteiger partial charge on any atom is -0.216 e. The summed E-state index contributed by atoms with van der Waals surface area (Å²) in [7, 11) is 0. The van der Waals surface area contributed by atoms with Crippen molar-refractivity contribution in [2.24, 2.45) is 0 Å². The fraction of sp³-hybridized carbons (Fsp3) is 0.357. The molecule has 0 radical (unpaired) electrons. The second-order valence-electron chi connectivity index (χ2n) is 4.34. The first-order chi connectivity index (χ1) is 9.21. The van der Waals surface area contributed by atoms with Crippen LogP contribution in [0.15, 0.2) is 24.3 Å². The molecule has 0 bridgehead atoms. The molecule has 0 spiro atoms. The van der Waals surface area contributed by atoms with Crippen LogP contribution in [0.3, 0.4) is 0 Å². The van der Waals surface area contributed by atoms with Crippen molar-refractivity contribution in [2.75, 3.05) is 0 Å². The number of nitriles is 1. The second-order valence-corrected chi connectivity index (χ2v) is 4.77. The maximum atomic E-state index is 9.18. The third kappa shape index (κ3) is 2.61. The highest BCUT2D eigenvalue weighted by molar-refractivity contribution is 6.30. The summed E-state index contributed by atoms with van der Waals surface area (Å²) >= 11 is 5.89. The van der Waals surface area contributed by atoms with Crippen LogP contribution in [-0.4, -0.2) is 15.0 Å². The summed E-state index contributed by atoms with van der Waals surface area (Å²) in [5, 5.41) is 17.9. The zero-order valence-corrected chi connectivity index (χ0v) is 11.7. The smallest absolute Gasteiger partial charge is 0.186 e. The molecule has 2 rings (SSSR count). The van der Waals surface area contributed by atoms with Crippen LogP contribution < -0.4 is 0 Å². The number of nitrogens with zero attached hydrogens (tertiary/aromatic N) is 4. The van der Waals surface area contributed by atoms with Gasteiger partial charge in [0.1, 0.15) is 6.07 Å². The summed E-state index contributed by atoms with van der Waals surface area (Å²) < 4.78 is 1.74. The van der Waals surface area contributed by atoms with Crippen LogP contribution in [0.2, 0.25) is 5.02 Å². The predicted octanol–water partition coefficient (Wildman–Crippen LogP) is 3.70. The number of halogens is 1. The molecule has 1 aromatic carbocycles. The fourth-order valence-corrected chi connectivity index (χ4v) is 2.31. The van der Waals surface area contributed by atoms with E-state index in [2.05, 4.69) is 30.2 Å². The van der Waals surface area contributed by atoms with Gasteiger partial charge in [-0.2, -0.15) is 5.26 Å². The minimum atomic E-state index is 0.278. The molecule has 98 valence electrons. The number of hydrogen-bond acceptors (Lipinski definition) is 3. The van der Waals surface area contributed by atoms with Crippen LogP contribution in [0.5, 0.6) is 0 Å². The van der Waals surface area contributed by atoms with Crippen LogP contribution >= 0.6 is 11.6 Å². The van der Waals surface area contributed by atoms with E-state index in [4.69, 9.17) is 11.6 Å². The molecule has 0 fully saturated rings. The quantitative estimate of drug-likeness (QED) is 0.854. The van der Waals surface area contributed by atoms with Gasteiger partial charge in [-0.1, -0.05) is 30.7 Å². The summed E-state index contributed by atoms with van der Waals surface area (Å²) in [5.41, 5.74) is 2.17. The van der Waals surface area contributed by atoms with Crippen LogP contribution in [0, 0.1) is 11.3 Å². The molecule has 0 saturated heterocycles. The minimum absolute atomic E-state index is 0.278. The molecule has 1 heterocycles. The van der Waals surface area contributed by atoms with Crippen molar-refractivity contribution in [3.63, 3.8) is 0 Å². The van der Waals surface area contributed by atoms with Crippen molar-refractivity contribution in [1.29, 1.82) is 5.26 Å². The van der Waals surface area contributed by atoms with Gasteiger partial charge in [-0.15, -0.1) is 5.10 Å². The van der Waals surface area contributed by atoms with E-state index >= 15 is 0 Å². The van der Waals surface area contributed by atoms with Crippen molar-refractivity contribution < 1.29 is 0 Å². The first-order valence-corrected chi connectivity index (χ1v) is 6.70. The van der Waals surface area contributed by atoms with Crippen LogP contribution in [0.1, 0.15) is 44.0 Å². The monoisotopic (exact) mass is 274 g/mol. The number of aromatic nitrogens is 3. The first kappa shape index (κ1) is 13.6. The lowest BCUT2D eigenvalue weighted by Gasteiger charge is -2.14. The van der Waals surface area contributed by atoms with Crippen LogP contribution in [0.4, 0.5) is 0 Å². The van der Waals surface area contributed by atoms with E-state index in [0.717, 1.165) is 24.2 Å². The van der Waals surface area contributed by atoms with Crippen LogP contribution in [-0.2, 0) is 0 Å². The molecule has 0 saturated carbocycles. The molecule has 0 N–H and O–H groups in total. The van der Waals surface area contributed by atoms with E-state index in [1.54, 1.807) is 16.8 Å². The topological polar surface area (TPSA) is 54.5 Å². The van der Waals surface area contributed by atoms with Crippen LogP contribution in [0.25, 0.3) is 5.69 Å². The normalized spacial score (nSPS) is 10.7. The van der Waals surface area contributed by atoms with Gasteiger partial charge in [0.05, 0.1) is 11.4 Å². The van der Waals surface area contributed by atoms with Gasteiger partial charge in [-0.3, -0.25) is 0 Å². The molecule has 0 amide bonds. The van der Waals surface area contributed by atoms with E-state index in [-0.39, 0.29) is 5.92 Å². The Labute approximate surface area is 117 Å². The average Bonchev–Trinajstić information content (AvgIpc) is 2.85. The summed E-state index contributed by atoms with van der Waals surface area (Å²) in [4.78, 5) is 0. The molecule has 19 heavy (non-hydrogen) atoms. The fourth-order valence-electron chi connectivity index (χ4n) is 2.18. The van der Waals surface area contributed by atoms with Gasteiger partial charge < -0.3 is 0 Å². The summed E-state index contributed by atoms with van der Waals surface area (Å²) in [6.07, 6.45) is 1.90. The lowest BCUT2D eigenvalue weighted by molar-refractivity contribution is 0.594. The van der Waals surface area contributed by atoms with Gasteiger partial charge in [0.25, 0.3) is 0 Å². The number of benzene rings is 1. The van der Waals surface area contributed by atoms with E-state index < -0.39 is 0 Å². The second kappa shape index (κ2) is 5.85. The molecule has 0 atom stereocenters. The van der Waals surface area contributed by atoms with Crippen molar-refractivity contribution in [1.82, 2.24) is 15.0 Å². The van der Waals surface area contributed by atoms with E-state index in [1.807, 2.05) is 12.1 Å². The third-order valence-electron chi connectivity index (χ3n) is 3.25. The van der Waals surface area contributed by atoms with Crippen molar-refractivity contribution in [3.8, 4) is 11.8 Å². The Hall–Kier alpha value is -1.86. The predicted molar refractivity (Wildman–Crippen MR) is 74.4 cm³/mol. The Morgan fingerprint density at radius 1 is 1.26 bits per heavy atom. The lowest BCUT2D eigenvalue weighted by atomic mass is 9.97. The summed E-state index contributed by atoms with van der Waals surface area (Å²) in [6, 6.07) is 9.50. The maximum Gasteiger partial charge on any atom is 0.186 e. The standard InChI is InChI=1S/C14H15ClN4/c1-3-10(4-2)14-13(9-16)17-18-19(14)12-7-5-11(15)6-8-12/h5-8,10H,3-4H2,1-2H3. The van der Waals surface area contributed by atoms with Gasteiger partial charge in [0.2, 0.25) is 0 Å². The summed E-state index contributed by atoms with van der Waals surface area (Å²) in [6.45, 7) is 4.21. The lowest BCUT2D eigenvalue weighted by Crippen LogP contribution is -2.08. The highest BCUT2D eigenvalue weighted by Crippen LogP contribution is 2.27. The Kier molecular flexibility index (Phi) is 4.18. The molecule has 1 aromatic heterocycles. The van der Waals surface area contributed by atoms with Crippen molar-refractivity contribution >= 4 is 11.6 Å². The molecule has 4 nitrogen and oxygen atoms in total. The van der Waals surface area contributed by atoms with E-state index in [0.29, 0.717) is 10.7 Å². The Morgan fingerprint density at radius 3 is 2.42 bits per heavy atom. The SMILES string of the molecule is CCC(CC)c1c(C#N)nnn1-c1ccc(Cl)cc1. The Balaban J connectivity index is 2.55. The Morgan fingerprint density at radius 2 is 1.89 bits per heavy atom. The van der Waals surface area contributed by atoms with Gasteiger partial charge in [0.15, 0.2) is 5.69 Å². The van der Waals surface area contributed by atoms with Crippen molar-refractivity contribution in [2.45, 2.75) is 32.6 Å². The third-order valence-corrected chi connectivity index (χ3v) is 3.51. The first-order valence-electron chi connectivity index (χ1n) is 6.32. The van der Waals surface area contributed by atoms with E-state index in [9.17, 15) is 5.26 Å². The zero-order chi connectivity index (χ0) is 13.8. The van der Waals surface area contributed by atoms with E-state index in [1.165, 1.54) is 0 Å². The number of hydrogen-bond donors (Lipinski definition) is 0. The van der Waals surface area contributed by atoms with Gasteiger partial charge in [-0.05, 0) is 37.1 Å². The highest BCUT2D eigenvalue weighted by atomic mass is 35.5. The number of rotatable bonds is 4.